The molecule has 0 atom stereocenters. The van der Waals surface area contributed by atoms with Crippen LogP contribution in [-0.2, 0) is 14.8 Å². The number of amides is 1. The van der Waals surface area contributed by atoms with E-state index < -0.39 is 33.1 Å². The third kappa shape index (κ3) is 4.39. The molecular weight excluding hydrogens is 372 g/mol. The highest BCUT2D eigenvalue weighted by molar-refractivity contribution is 7.90. The Bertz CT molecular complexity index is 1130. The van der Waals surface area contributed by atoms with Crippen LogP contribution in [0.4, 0.5) is 5.69 Å². The smallest absolute Gasteiger partial charge is 0.271 e. The molecule has 0 saturated carbocycles. The highest BCUT2D eigenvalue weighted by Crippen LogP contribution is 2.20. The third-order valence-corrected chi connectivity index (χ3v) is 5.05. The first-order valence-electron chi connectivity index (χ1n) is 7.77. The molecule has 0 aliphatic heterocycles. The molecule has 138 valence electrons. The SMILES string of the molecule is O=C(COc1ccc2ccccc2c1)NS(=O)(=O)c1cccc([N+](=O)[O-])c1. The lowest BCUT2D eigenvalue weighted by atomic mass is 10.1. The summed E-state index contributed by atoms with van der Waals surface area (Å²) in [5, 5.41) is 12.7. The summed E-state index contributed by atoms with van der Waals surface area (Å²) in [5.74, 6) is -0.480. The second-order valence-corrected chi connectivity index (χ2v) is 7.26. The molecule has 1 amide bonds. The van der Waals surface area contributed by atoms with E-state index in [1.165, 1.54) is 6.07 Å². The van der Waals surface area contributed by atoms with E-state index in [0.717, 1.165) is 29.0 Å². The first kappa shape index (κ1) is 18.3. The van der Waals surface area contributed by atoms with Crippen molar-refractivity contribution in [2.75, 3.05) is 6.61 Å². The number of nitro benzene ring substituents is 1. The van der Waals surface area contributed by atoms with Crippen molar-refractivity contribution in [2.24, 2.45) is 0 Å². The van der Waals surface area contributed by atoms with Crippen molar-refractivity contribution in [1.29, 1.82) is 0 Å². The van der Waals surface area contributed by atoms with Crippen molar-refractivity contribution in [1.82, 2.24) is 4.72 Å². The van der Waals surface area contributed by atoms with Crippen molar-refractivity contribution in [3.8, 4) is 5.75 Å². The van der Waals surface area contributed by atoms with E-state index >= 15 is 0 Å². The summed E-state index contributed by atoms with van der Waals surface area (Å²) in [4.78, 5) is 21.6. The van der Waals surface area contributed by atoms with Crippen LogP contribution in [0.3, 0.4) is 0 Å². The van der Waals surface area contributed by atoms with Crippen LogP contribution in [0.1, 0.15) is 0 Å². The second kappa shape index (κ2) is 7.42. The Balaban J connectivity index is 1.67. The van der Waals surface area contributed by atoms with Crippen LogP contribution in [-0.4, -0.2) is 25.9 Å². The lowest BCUT2D eigenvalue weighted by Gasteiger charge is -2.09. The topological polar surface area (TPSA) is 116 Å². The molecule has 0 aliphatic carbocycles. The first-order valence-corrected chi connectivity index (χ1v) is 9.25. The van der Waals surface area contributed by atoms with Gasteiger partial charge in [0.1, 0.15) is 5.75 Å². The molecule has 27 heavy (non-hydrogen) atoms. The van der Waals surface area contributed by atoms with E-state index in [0.29, 0.717) is 5.75 Å². The minimum atomic E-state index is -4.24. The van der Waals surface area contributed by atoms with Crippen molar-refractivity contribution in [2.45, 2.75) is 4.90 Å². The van der Waals surface area contributed by atoms with Crippen molar-refractivity contribution < 1.29 is 22.9 Å². The van der Waals surface area contributed by atoms with Gasteiger partial charge in [0.15, 0.2) is 6.61 Å². The maximum absolute atomic E-state index is 12.2. The van der Waals surface area contributed by atoms with E-state index in [1.807, 2.05) is 35.1 Å². The van der Waals surface area contributed by atoms with Crippen LogP contribution >= 0.6 is 0 Å². The van der Waals surface area contributed by atoms with Crippen LogP contribution < -0.4 is 9.46 Å². The van der Waals surface area contributed by atoms with Crippen molar-refractivity contribution in [3.63, 3.8) is 0 Å². The Hall–Kier alpha value is -3.46. The zero-order valence-corrected chi connectivity index (χ0v) is 14.7. The first-order chi connectivity index (χ1) is 12.8. The molecule has 0 aliphatic rings. The molecule has 0 aromatic heterocycles. The number of rotatable bonds is 6. The summed E-state index contributed by atoms with van der Waals surface area (Å²) < 4.78 is 31.6. The van der Waals surface area contributed by atoms with Gasteiger partial charge in [-0.1, -0.05) is 36.4 Å². The third-order valence-electron chi connectivity index (χ3n) is 3.68. The van der Waals surface area contributed by atoms with Crippen LogP contribution in [0, 0.1) is 10.1 Å². The molecule has 0 radical (unpaired) electrons. The van der Waals surface area contributed by atoms with E-state index in [1.54, 1.807) is 12.1 Å². The number of hydrogen-bond acceptors (Lipinski definition) is 6. The summed E-state index contributed by atoms with van der Waals surface area (Å²) in [7, 11) is -4.24. The number of nitrogens with one attached hydrogen (secondary N) is 1. The highest BCUT2D eigenvalue weighted by atomic mass is 32.2. The molecular formula is C18H14N2O6S. The molecule has 3 rings (SSSR count). The minimum absolute atomic E-state index is 0.379. The molecule has 0 spiro atoms. The summed E-state index contributed by atoms with van der Waals surface area (Å²) in [5.41, 5.74) is -0.391. The molecule has 0 unspecified atom stereocenters. The summed E-state index contributed by atoms with van der Waals surface area (Å²) >= 11 is 0. The summed E-state index contributed by atoms with van der Waals surface area (Å²) in [6.07, 6.45) is 0. The lowest BCUT2D eigenvalue weighted by Crippen LogP contribution is -2.34. The van der Waals surface area contributed by atoms with Gasteiger partial charge in [-0.2, -0.15) is 0 Å². The number of nitrogens with zero attached hydrogens (tertiary/aromatic N) is 1. The minimum Gasteiger partial charge on any atom is -0.484 e. The van der Waals surface area contributed by atoms with Gasteiger partial charge < -0.3 is 4.74 Å². The van der Waals surface area contributed by atoms with Crippen LogP contribution in [0.5, 0.6) is 5.75 Å². The number of nitro groups is 1. The van der Waals surface area contributed by atoms with Gasteiger partial charge in [0.05, 0.1) is 9.82 Å². The number of benzene rings is 3. The predicted molar refractivity (Wildman–Crippen MR) is 97.9 cm³/mol. The number of hydrogen-bond donors (Lipinski definition) is 1. The highest BCUT2D eigenvalue weighted by Gasteiger charge is 2.20. The van der Waals surface area contributed by atoms with Crippen LogP contribution in [0.2, 0.25) is 0 Å². The number of ether oxygens (including phenoxy) is 1. The van der Waals surface area contributed by atoms with Gasteiger partial charge in [-0.3, -0.25) is 14.9 Å². The second-order valence-electron chi connectivity index (χ2n) is 5.58. The quantitative estimate of drug-likeness (QED) is 0.514. The molecule has 9 heteroatoms. The number of carbonyl (C=O) groups is 1. The number of non-ortho nitro benzene ring substituents is 1. The Kier molecular flexibility index (Phi) is 5.04. The average molecular weight is 386 g/mol. The van der Waals surface area contributed by atoms with Gasteiger partial charge in [-0.25, -0.2) is 13.1 Å². The van der Waals surface area contributed by atoms with Gasteiger partial charge in [-0.15, -0.1) is 0 Å². The Labute approximate surface area is 154 Å². The fraction of sp³-hybridized carbons (Fsp3) is 0.0556. The van der Waals surface area contributed by atoms with Gasteiger partial charge in [-0.05, 0) is 29.0 Å². The van der Waals surface area contributed by atoms with E-state index in [-0.39, 0.29) is 4.90 Å². The van der Waals surface area contributed by atoms with Gasteiger partial charge in [0, 0.05) is 12.1 Å². The fourth-order valence-electron chi connectivity index (χ4n) is 2.41. The Morgan fingerprint density at radius 2 is 1.74 bits per heavy atom. The van der Waals surface area contributed by atoms with Gasteiger partial charge >= 0.3 is 0 Å². The van der Waals surface area contributed by atoms with Gasteiger partial charge in [0.25, 0.3) is 21.6 Å². The van der Waals surface area contributed by atoms with Crippen LogP contribution in [0.25, 0.3) is 10.8 Å². The van der Waals surface area contributed by atoms with E-state index in [9.17, 15) is 23.3 Å². The number of fused-ring (bicyclic) bond motifs is 1. The molecule has 0 heterocycles. The molecule has 8 nitrogen and oxygen atoms in total. The molecule has 3 aromatic rings. The largest absolute Gasteiger partial charge is 0.484 e. The van der Waals surface area contributed by atoms with Crippen molar-refractivity contribution in [3.05, 3.63) is 76.8 Å². The standard InChI is InChI=1S/C18H14N2O6S/c21-18(12-26-16-9-8-13-4-1-2-5-14(13)10-16)19-27(24,25)17-7-3-6-15(11-17)20(22)23/h1-11H,12H2,(H,19,21). The Morgan fingerprint density at radius 3 is 2.48 bits per heavy atom. The molecule has 0 fully saturated rings. The fourth-order valence-corrected chi connectivity index (χ4v) is 3.42. The molecule has 0 saturated heterocycles. The molecule has 0 bridgehead atoms. The van der Waals surface area contributed by atoms with Crippen LogP contribution in [0.15, 0.2) is 71.6 Å². The maximum Gasteiger partial charge on any atom is 0.271 e. The zero-order valence-electron chi connectivity index (χ0n) is 13.9. The van der Waals surface area contributed by atoms with E-state index in [2.05, 4.69) is 0 Å². The number of sulfonamides is 1. The molecule has 1 N–H and O–H groups in total. The monoisotopic (exact) mass is 386 g/mol. The lowest BCUT2D eigenvalue weighted by molar-refractivity contribution is -0.385. The Morgan fingerprint density at radius 1 is 1.00 bits per heavy atom. The number of carbonyl (C=O) groups excluding carboxylic acids is 1. The summed E-state index contributed by atoms with van der Waals surface area (Å²) in [6, 6.07) is 17.2. The zero-order chi connectivity index (χ0) is 19.4. The summed E-state index contributed by atoms with van der Waals surface area (Å²) in [6.45, 7) is -0.521. The maximum atomic E-state index is 12.2. The van der Waals surface area contributed by atoms with E-state index in [4.69, 9.17) is 4.74 Å². The molecule has 3 aromatic carbocycles. The average Bonchev–Trinajstić information content (AvgIpc) is 2.66. The normalized spacial score (nSPS) is 11.1. The van der Waals surface area contributed by atoms with Gasteiger partial charge in [0.2, 0.25) is 0 Å². The predicted octanol–water partition coefficient (Wildman–Crippen LogP) is 2.63. The van der Waals surface area contributed by atoms with Crippen molar-refractivity contribution >= 4 is 32.4 Å².